The largest absolute Gasteiger partial charge is 0.478 e. The zero-order chi connectivity index (χ0) is 14.1. The number of aryl methyl sites for hydroxylation is 1. The third-order valence-corrected chi connectivity index (χ3v) is 4.55. The summed E-state index contributed by atoms with van der Waals surface area (Å²) >= 11 is 1.69. The van der Waals surface area contributed by atoms with Gasteiger partial charge in [-0.1, -0.05) is 12.1 Å². The van der Waals surface area contributed by atoms with Gasteiger partial charge >= 0.3 is 5.97 Å². The summed E-state index contributed by atoms with van der Waals surface area (Å²) in [5.41, 5.74) is 3.64. The van der Waals surface area contributed by atoms with E-state index in [-0.39, 0.29) is 0 Å². The van der Waals surface area contributed by atoms with Crippen molar-refractivity contribution in [3.63, 3.8) is 0 Å². The zero-order valence-corrected chi connectivity index (χ0v) is 12.1. The molecule has 2 heterocycles. The van der Waals surface area contributed by atoms with Crippen molar-refractivity contribution in [1.29, 1.82) is 0 Å². The lowest BCUT2D eigenvalue weighted by Crippen LogP contribution is -2.31. The van der Waals surface area contributed by atoms with Gasteiger partial charge in [-0.3, -0.25) is 4.90 Å². The Balaban J connectivity index is 1.79. The third kappa shape index (κ3) is 2.59. The molecule has 1 aromatic carbocycles. The van der Waals surface area contributed by atoms with Crippen LogP contribution in [0.25, 0.3) is 0 Å². The first-order valence-electron chi connectivity index (χ1n) is 6.61. The Morgan fingerprint density at radius 2 is 2.35 bits per heavy atom. The maximum Gasteiger partial charge on any atom is 0.335 e. The number of rotatable bonds is 3. The highest BCUT2D eigenvalue weighted by molar-refractivity contribution is 7.09. The number of benzene rings is 1. The van der Waals surface area contributed by atoms with Crippen LogP contribution in [0.15, 0.2) is 23.6 Å². The van der Waals surface area contributed by atoms with E-state index in [1.165, 1.54) is 0 Å². The van der Waals surface area contributed by atoms with Crippen molar-refractivity contribution in [1.82, 2.24) is 9.88 Å². The minimum Gasteiger partial charge on any atom is -0.478 e. The zero-order valence-electron chi connectivity index (χ0n) is 11.3. The molecule has 2 aromatic rings. The van der Waals surface area contributed by atoms with Crippen molar-refractivity contribution in [2.45, 2.75) is 26.4 Å². The number of aromatic nitrogens is 1. The smallest absolute Gasteiger partial charge is 0.335 e. The summed E-state index contributed by atoms with van der Waals surface area (Å²) in [6.45, 7) is 4.53. The quantitative estimate of drug-likeness (QED) is 0.943. The normalized spacial score (nSPS) is 15.1. The van der Waals surface area contributed by atoms with Crippen molar-refractivity contribution in [2.24, 2.45) is 0 Å². The number of hydrogen-bond acceptors (Lipinski definition) is 4. The molecular weight excluding hydrogens is 272 g/mol. The first kappa shape index (κ1) is 13.3. The van der Waals surface area contributed by atoms with Gasteiger partial charge in [0.1, 0.15) is 5.01 Å². The second-order valence-electron chi connectivity index (χ2n) is 5.09. The summed E-state index contributed by atoms with van der Waals surface area (Å²) in [5.74, 6) is -0.828. The number of thiazole rings is 1. The lowest BCUT2D eigenvalue weighted by atomic mass is 9.94. The number of hydrogen-bond donors (Lipinski definition) is 1. The Labute approximate surface area is 121 Å². The van der Waals surface area contributed by atoms with Gasteiger partial charge in [0.15, 0.2) is 0 Å². The van der Waals surface area contributed by atoms with Crippen LogP contribution in [0.3, 0.4) is 0 Å². The Kier molecular flexibility index (Phi) is 3.54. The first-order chi connectivity index (χ1) is 9.63. The lowest BCUT2D eigenvalue weighted by molar-refractivity contribution is 0.0694. The Hall–Kier alpha value is -1.72. The molecule has 1 aromatic heterocycles. The lowest BCUT2D eigenvalue weighted by Gasteiger charge is -2.28. The predicted octanol–water partition coefficient (Wildman–Crippen LogP) is 2.71. The van der Waals surface area contributed by atoms with Crippen molar-refractivity contribution >= 4 is 17.3 Å². The molecule has 0 radical (unpaired) electrons. The number of aromatic carboxylic acids is 1. The molecule has 1 N–H and O–H groups in total. The van der Waals surface area contributed by atoms with E-state index < -0.39 is 5.97 Å². The highest BCUT2D eigenvalue weighted by Crippen LogP contribution is 2.24. The number of carboxylic acid groups (broad SMARTS) is 1. The average Bonchev–Trinajstić information content (AvgIpc) is 2.83. The van der Waals surface area contributed by atoms with E-state index in [2.05, 4.69) is 15.3 Å². The summed E-state index contributed by atoms with van der Waals surface area (Å²) in [7, 11) is 0. The maximum atomic E-state index is 11.2. The molecule has 3 rings (SSSR count). The summed E-state index contributed by atoms with van der Waals surface area (Å²) in [4.78, 5) is 18.0. The van der Waals surface area contributed by atoms with E-state index in [1.807, 2.05) is 19.1 Å². The molecule has 1 aliphatic rings. The average molecular weight is 288 g/mol. The highest BCUT2D eigenvalue weighted by atomic mass is 32.1. The van der Waals surface area contributed by atoms with Crippen molar-refractivity contribution < 1.29 is 9.90 Å². The highest BCUT2D eigenvalue weighted by Gasteiger charge is 2.21. The van der Waals surface area contributed by atoms with E-state index in [4.69, 9.17) is 0 Å². The van der Waals surface area contributed by atoms with Crippen LogP contribution >= 0.6 is 11.3 Å². The van der Waals surface area contributed by atoms with E-state index in [1.54, 1.807) is 17.4 Å². The summed E-state index contributed by atoms with van der Waals surface area (Å²) in [6.07, 6.45) is 0.794. The monoisotopic (exact) mass is 288 g/mol. The molecule has 20 heavy (non-hydrogen) atoms. The van der Waals surface area contributed by atoms with Crippen LogP contribution < -0.4 is 0 Å². The van der Waals surface area contributed by atoms with Crippen LogP contribution in [-0.2, 0) is 19.5 Å². The molecule has 5 heteroatoms. The fourth-order valence-corrected chi connectivity index (χ4v) is 3.48. The first-order valence-corrected chi connectivity index (χ1v) is 7.49. The molecule has 0 spiro atoms. The van der Waals surface area contributed by atoms with Crippen LogP contribution in [0.4, 0.5) is 0 Å². The molecular formula is C15H16N2O2S. The number of carboxylic acids is 1. The molecule has 0 atom stereocenters. The fraction of sp³-hybridized carbons (Fsp3) is 0.333. The molecule has 104 valence electrons. The van der Waals surface area contributed by atoms with Gasteiger partial charge in [0, 0.05) is 24.2 Å². The number of carbonyl (C=O) groups is 1. The topological polar surface area (TPSA) is 53.4 Å². The van der Waals surface area contributed by atoms with Gasteiger partial charge in [-0.05, 0) is 30.5 Å². The van der Waals surface area contributed by atoms with E-state index in [0.717, 1.165) is 47.9 Å². The number of nitrogens with zero attached hydrogens (tertiary/aromatic N) is 2. The minimum absolute atomic E-state index is 0.451. The van der Waals surface area contributed by atoms with Gasteiger partial charge in [-0.25, -0.2) is 9.78 Å². The molecule has 0 saturated carbocycles. The Bertz CT molecular complexity index is 651. The predicted molar refractivity (Wildman–Crippen MR) is 78.1 cm³/mol. The molecule has 1 aliphatic heterocycles. The van der Waals surface area contributed by atoms with E-state index in [0.29, 0.717) is 5.56 Å². The van der Waals surface area contributed by atoms with Gasteiger partial charge in [0.05, 0.1) is 12.1 Å². The molecule has 0 saturated heterocycles. The third-order valence-electron chi connectivity index (χ3n) is 3.60. The standard InChI is InChI=1S/C15H16N2O2S/c1-10-9-20-14(16-10)8-17-6-5-12-11(7-17)3-2-4-13(12)15(18)19/h2-4,9H,5-8H2,1H3,(H,18,19). The second kappa shape index (κ2) is 5.34. The molecule has 0 aliphatic carbocycles. The molecule has 0 fully saturated rings. The van der Waals surface area contributed by atoms with Crippen molar-refractivity contribution in [2.75, 3.05) is 6.54 Å². The summed E-state index contributed by atoms with van der Waals surface area (Å²) in [6, 6.07) is 5.56. The molecule has 0 amide bonds. The van der Waals surface area contributed by atoms with Crippen molar-refractivity contribution in [3.05, 3.63) is 51.0 Å². The minimum atomic E-state index is -0.828. The van der Waals surface area contributed by atoms with Gasteiger partial charge in [0.25, 0.3) is 0 Å². The van der Waals surface area contributed by atoms with Crippen LogP contribution in [0.5, 0.6) is 0 Å². The van der Waals surface area contributed by atoms with Gasteiger partial charge in [-0.15, -0.1) is 11.3 Å². The molecule has 0 bridgehead atoms. The summed E-state index contributed by atoms with van der Waals surface area (Å²) in [5, 5.41) is 12.4. The van der Waals surface area contributed by atoms with Crippen molar-refractivity contribution in [3.8, 4) is 0 Å². The van der Waals surface area contributed by atoms with Gasteiger partial charge in [-0.2, -0.15) is 0 Å². The number of fused-ring (bicyclic) bond motifs is 1. The SMILES string of the molecule is Cc1csc(CN2CCc3c(cccc3C(=O)O)C2)n1. The van der Waals surface area contributed by atoms with Crippen LogP contribution in [0, 0.1) is 6.92 Å². The van der Waals surface area contributed by atoms with Crippen LogP contribution in [0.2, 0.25) is 0 Å². The van der Waals surface area contributed by atoms with Gasteiger partial charge in [0.2, 0.25) is 0 Å². The second-order valence-corrected chi connectivity index (χ2v) is 6.03. The van der Waals surface area contributed by atoms with Crippen LogP contribution in [-0.4, -0.2) is 27.5 Å². The van der Waals surface area contributed by atoms with Crippen LogP contribution in [0.1, 0.15) is 32.2 Å². The molecule has 0 unspecified atom stereocenters. The van der Waals surface area contributed by atoms with Gasteiger partial charge < -0.3 is 5.11 Å². The van der Waals surface area contributed by atoms with E-state index in [9.17, 15) is 9.90 Å². The summed E-state index contributed by atoms with van der Waals surface area (Å²) < 4.78 is 0. The molecule has 4 nitrogen and oxygen atoms in total. The Morgan fingerprint density at radius 1 is 1.50 bits per heavy atom. The fourth-order valence-electron chi connectivity index (χ4n) is 2.67. The maximum absolute atomic E-state index is 11.2. The Morgan fingerprint density at radius 3 is 3.05 bits per heavy atom. The van der Waals surface area contributed by atoms with E-state index >= 15 is 0 Å².